The monoisotopic (exact) mass is 299 g/mol. The fourth-order valence-corrected chi connectivity index (χ4v) is 4.73. The lowest BCUT2D eigenvalue weighted by Crippen LogP contribution is -2.17. The van der Waals surface area contributed by atoms with Crippen LogP contribution in [0.15, 0.2) is 24.3 Å². The minimum Gasteiger partial charge on any atom is -0.383 e. The number of methoxy groups -OCH3 is 1. The van der Waals surface area contributed by atoms with Crippen LogP contribution in [0.2, 0.25) is 5.02 Å². The Morgan fingerprint density at radius 3 is 2.42 bits per heavy atom. The Kier molecular flexibility index (Phi) is 3.61. The van der Waals surface area contributed by atoms with Crippen LogP contribution in [0, 0.1) is 16.7 Å². The molecule has 0 spiro atoms. The smallest absolute Gasteiger partial charge is 0.152 e. The van der Waals surface area contributed by atoms with Gasteiger partial charge in [0, 0.05) is 24.3 Å². The van der Waals surface area contributed by atoms with Gasteiger partial charge in [-0.2, -0.15) is 5.26 Å². The predicted molar refractivity (Wildman–Crippen MR) is 72.7 cm³/mol. The SMILES string of the molecule is COC[C@@]1(C#N)[C@@H](c2ccc(Cl)cc2)[C@@H]1S(C)(=O)=O. The Balaban J connectivity index is 2.44. The molecule has 1 aromatic rings. The molecule has 1 aromatic carbocycles. The van der Waals surface area contributed by atoms with Gasteiger partial charge in [-0.25, -0.2) is 8.42 Å². The number of ether oxygens (including phenoxy) is 1. The van der Waals surface area contributed by atoms with E-state index in [0.29, 0.717) is 5.02 Å². The molecule has 0 N–H and O–H groups in total. The average Bonchev–Trinajstić information content (AvgIpc) is 3.00. The quantitative estimate of drug-likeness (QED) is 0.853. The molecule has 0 saturated heterocycles. The highest BCUT2D eigenvalue weighted by atomic mass is 35.5. The Morgan fingerprint density at radius 1 is 1.42 bits per heavy atom. The number of sulfone groups is 1. The van der Waals surface area contributed by atoms with Crippen molar-refractivity contribution in [2.24, 2.45) is 5.41 Å². The highest BCUT2D eigenvalue weighted by Gasteiger charge is 2.71. The van der Waals surface area contributed by atoms with Gasteiger partial charge in [0.15, 0.2) is 9.84 Å². The third-order valence-corrected chi connectivity index (χ3v) is 5.41. The number of halogens is 1. The summed E-state index contributed by atoms with van der Waals surface area (Å²) in [5, 5.41) is 9.25. The first-order valence-electron chi connectivity index (χ1n) is 5.71. The summed E-state index contributed by atoms with van der Waals surface area (Å²) < 4.78 is 28.8. The fourth-order valence-electron chi connectivity index (χ4n) is 2.75. The Bertz CT molecular complexity index is 620. The normalized spacial score (nSPS) is 29.8. The van der Waals surface area contributed by atoms with Crippen molar-refractivity contribution in [2.75, 3.05) is 20.0 Å². The van der Waals surface area contributed by atoms with Crippen molar-refractivity contribution in [1.29, 1.82) is 5.26 Å². The number of rotatable bonds is 4. The van der Waals surface area contributed by atoms with Crippen LogP contribution in [0.3, 0.4) is 0 Å². The summed E-state index contributed by atoms with van der Waals surface area (Å²) in [6, 6.07) is 9.06. The van der Waals surface area contributed by atoms with Gasteiger partial charge < -0.3 is 4.74 Å². The van der Waals surface area contributed by atoms with Crippen LogP contribution in [0.25, 0.3) is 0 Å². The van der Waals surface area contributed by atoms with Crippen molar-refractivity contribution in [3.8, 4) is 6.07 Å². The Hall–Kier alpha value is -1.09. The maximum atomic E-state index is 11.9. The van der Waals surface area contributed by atoms with Crippen molar-refractivity contribution in [2.45, 2.75) is 11.2 Å². The minimum absolute atomic E-state index is 0.106. The maximum absolute atomic E-state index is 11.9. The highest BCUT2D eigenvalue weighted by Crippen LogP contribution is 2.62. The molecule has 102 valence electrons. The van der Waals surface area contributed by atoms with Crippen molar-refractivity contribution in [3.63, 3.8) is 0 Å². The average molecular weight is 300 g/mol. The van der Waals surface area contributed by atoms with Crippen LogP contribution >= 0.6 is 11.6 Å². The van der Waals surface area contributed by atoms with Gasteiger partial charge in [0.1, 0.15) is 5.41 Å². The molecule has 0 amide bonds. The third-order valence-electron chi connectivity index (χ3n) is 3.54. The van der Waals surface area contributed by atoms with E-state index in [0.717, 1.165) is 11.8 Å². The molecule has 1 aliphatic carbocycles. The van der Waals surface area contributed by atoms with Gasteiger partial charge in [-0.1, -0.05) is 23.7 Å². The van der Waals surface area contributed by atoms with Gasteiger partial charge in [0.2, 0.25) is 0 Å². The lowest BCUT2D eigenvalue weighted by atomic mass is 10.0. The Morgan fingerprint density at radius 2 is 2.00 bits per heavy atom. The molecule has 0 bridgehead atoms. The second kappa shape index (κ2) is 4.78. The summed E-state index contributed by atoms with van der Waals surface area (Å²) in [6.45, 7) is 0.106. The van der Waals surface area contributed by atoms with E-state index < -0.39 is 20.5 Å². The predicted octanol–water partition coefficient (Wildman–Crippen LogP) is 2.01. The summed E-state index contributed by atoms with van der Waals surface area (Å²) in [6.07, 6.45) is 1.16. The summed E-state index contributed by atoms with van der Waals surface area (Å²) in [7, 11) is -1.85. The van der Waals surface area contributed by atoms with E-state index in [1.807, 2.05) is 0 Å². The van der Waals surface area contributed by atoms with Crippen LogP contribution in [0.5, 0.6) is 0 Å². The molecule has 6 heteroatoms. The molecular formula is C13H14ClNO3S. The second-order valence-electron chi connectivity index (χ2n) is 4.86. The number of hydrogen-bond donors (Lipinski definition) is 0. The molecule has 2 rings (SSSR count). The van der Waals surface area contributed by atoms with Gasteiger partial charge in [0.05, 0.1) is 17.9 Å². The van der Waals surface area contributed by atoms with Crippen molar-refractivity contribution in [1.82, 2.24) is 0 Å². The molecule has 0 aromatic heterocycles. The van der Waals surface area contributed by atoms with Gasteiger partial charge in [-0.3, -0.25) is 0 Å². The second-order valence-corrected chi connectivity index (χ2v) is 7.47. The minimum atomic E-state index is -3.31. The first-order valence-corrected chi connectivity index (χ1v) is 8.04. The summed E-state index contributed by atoms with van der Waals surface area (Å²) in [5.74, 6) is -0.357. The van der Waals surface area contributed by atoms with Crippen LogP contribution < -0.4 is 0 Å². The summed E-state index contributed by atoms with van der Waals surface area (Å²) in [5.41, 5.74) is -0.186. The van der Waals surface area contributed by atoms with E-state index in [-0.39, 0.29) is 12.5 Å². The maximum Gasteiger partial charge on any atom is 0.152 e. The van der Waals surface area contributed by atoms with Crippen molar-refractivity contribution < 1.29 is 13.2 Å². The first-order chi connectivity index (χ1) is 8.86. The van der Waals surface area contributed by atoms with Crippen molar-refractivity contribution >= 4 is 21.4 Å². The van der Waals surface area contributed by atoms with E-state index in [4.69, 9.17) is 16.3 Å². The molecule has 0 aliphatic heterocycles. The van der Waals surface area contributed by atoms with E-state index in [9.17, 15) is 13.7 Å². The summed E-state index contributed by atoms with van der Waals surface area (Å²) in [4.78, 5) is 0. The van der Waals surface area contributed by atoms with E-state index in [1.165, 1.54) is 7.11 Å². The highest BCUT2D eigenvalue weighted by molar-refractivity contribution is 7.91. The zero-order chi connectivity index (χ0) is 14.3. The largest absolute Gasteiger partial charge is 0.383 e. The lowest BCUT2D eigenvalue weighted by molar-refractivity contribution is 0.162. The standard InChI is InChI=1S/C13H14ClNO3S/c1-18-8-13(7-15)11(12(13)19(2,16)17)9-3-5-10(14)6-4-9/h3-6,11-12H,8H2,1-2H3/t11-,12-,13-/m0/s1. The zero-order valence-electron chi connectivity index (χ0n) is 10.6. The molecular weight excluding hydrogens is 286 g/mol. The van der Waals surface area contributed by atoms with Gasteiger partial charge in [0.25, 0.3) is 0 Å². The third kappa shape index (κ3) is 2.36. The molecule has 1 aliphatic rings. The molecule has 19 heavy (non-hydrogen) atoms. The number of nitrogens with zero attached hydrogens (tertiary/aromatic N) is 1. The van der Waals surface area contributed by atoms with Crippen LogP contribution in [-0.4, -0.2) is 33.6 Å². The molecule has 1 fully saturated rings. The molecule has 0 radical (unpaired) electrons. The van der Waals surface area contributed by atoms with E-state index in [1.54, 1.807) is 24.3 Å². The van der Waals surface area contributed by atoms with Gasteiger partial charge in [-0.05, 0) is 17.7 Å². The van der Waals surface area contributed by atoms with Crippen molar-refractivity contribution in [3.05, 3.63) is 34.9 Å². The molecule has 0 unspecified atom stereocenters. The van der Waals surface area contributed by atoms with Crippen LogP contribution in [-0.2, 0) is 14.6 Å². The summed E-state index contributed by atoms with van der Waals surface area (Å²) >= 11 is 5.82. The lowest BCUT2D eigenvalue weighted by Gasteiger charge is -2.06. The Labute approximate surface area is 117 Å². The van der Waals surface area contributed by atoms with Crippen LogP contribution in [0.4, 0.5) is 0 Å². The number of hydrogen-bond acceptors (Lipinski definition) is 4. The number of nitriles is 1. The van der Waals surface area contributed by atoms with E-state index in [2.05, 4.69) is 6.07 Å². The van der Waals surface area contributed by atoms with E-state index >= 15 is 0 Å². The molecule has 1 saturated carbocycles. The van der Waals surface area contributed by atoms with Gasteiger partial charge in [-0.15, -0.1) is 0 Å². The number of benzene rings is 1. The molecule has 4 nitrogen and oxygen atoms in total. The topological polar surface area (TPSA) is 67.2 Å². The molecule has 0 heterocycles. The van der Waals surface area contributed by atoms with Crippen LogP contribution in [0.1, 0.15) is 11.5 Å². The first kappa shape index (κ1) is 14.3. The zero-order valence-corrected chi connectivity index (χ0v) is 12.2. The van der Waals surface area contributed by atoms with Gasteiger partial charge >= 0.3 is 0 Å². The molecule has 3 atom stereocenters. The fraction of sp³-hybridized carbons (Fsp3) is 0.462.